The van der Waals surface area contributed by atoms with Crippen LogP contribution < -0.4 is 10.0 Å². The largest absolute Gasteiger partial charge is 0.349 e. The molecule has 1 amide bonds. The molecule has 2 unspecified atom stereocenters. The summed E-state index contributed by atoms with van der Waals surface area (Å²) >= 11 is 0. The average molecular weight is 401 g/mol. The van der Waals surface area contributed by atoms with Crippen molar-refractivity contribution in [2.45, 2.75) is 57.4 Å². The van der Waals surface area contributed by atoms with Crippen molar-refractivity contribution >= 4 is 21.6 Å². The molecule has 28 heavy (non-hydrogen) atoms. The molecule has 2 N–H and O–H groups in total. The van der Waals surface area contributed by atoms with Crippen molar-refractivity contribution in [1.82, 2.24) is 5.32 Å². The van der Waals surface area contributed by atoms with E-state index in [1.807, 2.05) is 26.0 Å². The van der Waals surface area contributed by atoms with E-state index in [0.717, 1.165) is 30.4 Å². The smallest absolute Gasteiger partial charge is 0.261 e. The normalized spacial score (nSPS) is 19.8. The molecule has 0 radical (unpaired) electrons. The standard InChI is InChI=1S/C22H28N2O3S/c1-15-8-6-10-21(17(15)3)24-28(26,27)19-13-11-18(12-14-19)22(25)23-20-9-5-4-7-16(20)2/h6,8,10-14,16,20,24H,4-5,7,9H2,1-3H3,(H,23,25). The third-order valence-corrected chi connectivity index (χ3v) is 7.09. The van der Waals surface area contributed by atoms with Gasteiger partial charge in [-0.3, -0.25) is 9.52 Å². The van der Waals surface area contributed by atoms with Crippen LogP contribution in [0.3, 0.4) is 0 Å². The Morgan fingerprint density at radius 1 is 1.00 bits per heavy atom. The number of benzene rings is 2. The Morgan fingerprint density at radius 2 is 1.68 bits per heavy atom. The maximum Gasteiger partial charge on any atom is 0.261 e. The monoisotopic (exact) mass is 400 g/mol. The SMILES string of the molecule is Cc1cccc(NS(=O)(=O)c2ccc(C(=O)NC3CCCCC3C)cc2)c1C. The predicted octanol–water partition coefficient (Wildman–Crippen LogP) is 4.41. The van der Waals surface area contributed by atoms with Crippen LogP contribution in [0, 0.1) is 19.8 Å². The lowest BCUT2D eigenvalue weighted by atomic mass is 9.86. The molecular formula is C22H28N2O3S. The first-order valence-electron chi connectivity index (χ1n) is 9.78. The number of rotatable bonds is 5. The fourth-order valence-corrected chi connectivity index (χ4v) is 4.76. The molecule has 1 saturated carbocycles. The molecule has 2 atom stereocenters. The van der Waals surface area contributed by atoms with Crippen LogP contribution in [0.15, 0.2) is 47.4 Å². The number of carbonyl (C=O) groups excluding carboxylic acids is 1. The van der Waals surface area contributed by atoms with E-state index in [2.05, 4.69) is 17.0 Å². The molecule has 0 spiro atoms. The van der Waals surface area contributed by atoms with Gasteiger partial charge >= 0.3 is 0 Å². The first-order valence-corrected chi connectivity index (χ1v) is 11.3. The van der Waals surface area contributed by atoms with E-state index < -0.39 is 10.0 Å². The highest BCUT2D eigenvalue weighted by Gasteiger charge is 2.23. The lowest BCUT2D eigenvalue weighted by Gasteiger charge is -2.29. The summed E-state index contributed by atoms with van der Waals surface area (Å²) in [5.74, 6) is 0.323. The Labute approximate surface area is 167 Å². The van der Waals surface area contributed by atoms with Gasteiger partial charge in [0.25, 0.3) is 15.9 Å². The number of anilines is 1. The number of amides is 1. The summed E-state index contributed by atoms with van der Waals surface area (Å²) < 4.78 is 28.0. The highest BCUT2D eigenvalue weighted by molar-refractivity contribution is 7.92. The lowest BCUT2D eigenvalue weighted by molar-refractivity contribution is 0.0910. The fourth-order valence-electron chi connectivity index (χ4n) is 3.63. The Balaban J connectivity index is 1.72. The average Bonchev–Trinajstić information content (AvgIpc) is 2.67. The van der Waals surface area contributed by atoms with Crippen LogP contribution in [-0.2, 0) is 10.0 Å². The number of aryl methyl sites for hydroxylation is 1. The van der Waals surface area contributed by atoms with Crippen LogP contribution in [0.25, 0.3) is 0 Å². The van der Waals surface area contributed by atoms with Gasteiger partial charge in [0.1, 0.15) is 0 Å². The summed E-state index contributed by atoms with van der Waals surface area (Å²) in [7, 11) is -3.71. The van der Waals surface area contributed by atoms with Crippen molar-refractivity contribution in [2.24, 2.45) is 5.92 Å². The Hall–Kier alpha value is -2.34. The lowest BCUT2D eigenvalue weighted by Crippen LogP contribution is -2.41. The summed E-state index contributed by atoms with van der Waals surface area (Å²) in [5, 5.41) is 3.09. The Morgan fingerprint density at radius 3 is 2.36 bits per heavy atom. The zero-order valence-corrected chi connectivity index (χ0v) is 17.5. The van der Waals surface area contributed by atoms with Gasteiger partial charge in [0.2, 0.25) is 0 Å². The van der Waals surface area contributed by atoms with Crippen LogP contribution in [0.1, 0.15) is 54.1 Å². The van der Waals surface area contributed by atoms with Crippen molar-refractivity contribution in [1.29, 1.82) is 0 Å². The third kappa shape index (κ3) is 4.55. The number of hydrogen-bond donors (Lipinski definition) is 2. The third-order valence-electron chi connectivity index (χ3n) is 5.70. The predicted molar refractivity (Wildman–Crippen MR) is 112 cm³/mol. The summed E-state index contributed by atoms with van der Waals surface area (Å²) in [6.07, 6.45) is 4.48. The van der Waals surface area contributed by atoms with Crippen LogP contribution in [0.4, 0.5) is 5.69 Å². The second-order valence-corrected chi connectivity index (χ2v) is 9.40. The second-order valence-electron chi connectivity index (χ2n) is 7.72. The zero-order chi connectivity index (χ0) is 20.3. The maximum atomic E-state index is 12.7. The van der Waals surface area contributed by atoms with Gasteiger partial charge in [-0.15, -0.1) is 0 Å². The van der Waals surface area contributed by atoms with E-state index in [0.29, 0.717) is 17.2 Å². The minimum atomic E-state index is -3.71. The molecule has 0 aromatic heterocycles. The van der Waals surface area contributed by atoms with Gasteiger partial charge in [-0.2, -0.15) is 0 Å². The zero-order valence-electron chi connectivity index (χ0n) is 16.7. The number of hydrogen-bond acceptors (Lipinski definition) is 3. The molecule has 0 heterocycles. The molecule has 2 aromatic rings. The Bertz CT molecular complexity index is 952. The van der Waals surface area contributed by atoms with Crippen LogP contribution >= 0.6 is 0 Å². The first kappa shape index (κ1) is 20.4. The quantitative estimate of drug-likeness (QED) is 0.780. The van der Waals surface area contributed by atoms with Crippen LogP contribution in [0.2, 0.25) is 0 Å². The molecular weight excluding hydrogens is 372 g/mol. The van der Waals surface area contributed by atoms with Crippen molar-refractivity contribution in [2.75, 3.05) is 4.72 Å². The molecule has 0 saturated heterocycles. The van der Waals surface area contributed by atoms with E-state index in [4.69, 9.17) is 0 Å². The van der Waals surface area contributed by atoms with Crippen LogP contribution in [-0.4, -0.2) is 20.4 Å². The van der Waals surface area contributed by atoms with E-state index in [1.54, 1.807) is 18.2 Å². The fraction of sp³-hybridized carbons (Fsp3) is 0.409. The van der Waals surface area contributed by atoms with E-state index in [-0.39, 0.29) is 16.8 Å². The van der Waals surface area contributed by atoms with Crippen molar-refractivity contribution in [3.05, 3.63) is 59.2 Å². The first-order chi connectivity index (χ1) is 13.3. The van der Waals surface area contributed by atoms with Crippen molar-refractivity contribution in [3.63, 3.8) is 0 Å². The van der Waals surface area contributed by atoms with E-state index in [9.17, 15) is 13.2 Å². The van der Waals surface area contributed by atoms with Crippen molar-refractivity contribution in [3.8, 4) is 0 Å². The molecule has 0 aliphatic heterocycles. The summed E-state index contributed by atoms with van der Waals surface area (Å²) in [6.45, 7) is 5.99. The van der Waals surface area contributed by atoms with Crippen molar-refractivity contribution < 1.29 is 13.2 Å². The highest BCUT2D eigenvalue weighted by Crippen LogP contribution is 2.25. The summed E-state index contributed by atoms with van der Waals surface area (Å²) in [4.78, 5) is 12.7. The number of sulfonamides is 1. The van der Waals surface area contributed by atoms with Gasteiger partial charge in [0.05, 0.1) is 10.6 Å². The molecule has 3 rings (SSSR count). The molecule has 1 aliphatic rings. The summed E-state index contributed by atoms with van der Waals surface area (Å²) in [5.41, 5.74) is 2.95. The molecule has 1 fully saturated rings. The van der Waals surface area contributed by atoms with Gasteiger partial charge in [-0.05, 0) is 74.1 Å². The minimum Gasteiger partial charge on any atom is -0.349 e. The van der Waals surface area contributed by atoms with Gasteiger partial charge in [-0.25, -0.2) is 8.42 Å². The molecule has 6 heteroatoms. The highest BCUT2D eigenvalue weighted by atomic mass is 32.2. The Kier molecular flexibility index (Phi) is 6.08. The second kappa shape index (κ2) is 8.35. The minimum absolute atomic E-state index is 0.135. The van der Waals surface area contributed by atoms with E-state index >= 15 is 0 Å². The molecule has 2 aromatic carbocycles. The summed E-state index contributed by atoms with van der Waals surface area (Å²) in [6, 6.07) is 11.8. The molecule has 5 nitrogen and oxygen atoms in total. The molecule has 150 valence electrons. The maximum absolute atomic E-state index is 12.7. The van der Waals surface area contributed by atoms with Crippen LogP contribution in [0.5, 0.6) is 0 Å². The molecule has 1 aliphatic carbocycles. The number of nitrogens with one attached hydrogen (secondary N) is 2. The van der Waals surface area contributed by atoms with Gasteiger partial charge in [0.15, 0.2) is 0 Å². The van der Waals surface area contributed by atoms with Gasteiger partial charge in [0, 0.05) is 11.6 Å². The number of carbonyl (C=O) groups is 1. The van der Waals surface area contributed by atoms with Gasteiger partial charge in [-0.1, -0.05) is 31.9 Å². The van der Waals surface area contributed by atoms with E-state index in [1.165, 1.54) is 18.6 Å². The molecule has 0 bridgehead atoms. The van der Waals surface area contributed by atoms with Gasteiger partial charge < -0.3 is 5.32 Å². The topological polar surface area (TPSA) is 75.3 Å².